The maximum Gasteiger partial charge on any atom is 0.293 e. The first-order valence-electron chi connectivity index (χ1n) is 4.73. The Balaban J connectivity index is 0.000000293. The zero-order chi connectivity index (χ0) is 12.6. The quantitative estimate of drug-likeness (QED) is 0.462. The third kappa shape index (κ3) is 6.78. The predicted octanol–water partition coefficient (Wildman–Crippen LogP) is 2.07. The number of ether oxygens (including phenoxy) is 1. The molecule has 0 spiro atoms. The minimum Gasteiger partial charge on any atom is -0.462 e. The van der Waals surface area contributed by atoms with E-state index < -0.39 is 0 Å². The molecule has 0 aliphatic rings. The number of nitrogen functional groups attached to an aromatic ring is 1. The van der Waals surface area contributed by atoms with Crippen LogP contribution in [-0.2, 0) is 9.53 Å². The fourth-order valence-corrected chi connectivity index (χ4v) is 0.723. The molecule has 5 heteroatoms. The number of hydrogen-bond donors (Lipinski definition) is 2. The number of rotatable bonds is 2. The van der Waals surface area contributed by atoms with Crippen molar-refractivity contribution in [3.05, 3.63) is 30.1 Å². The van der Waals surface area contributed by atoms with E-state index in [2.05, 4.69) is 10.2 Å². The van der Waals surface area contributed by atoms with Crippen molar-refractivity contribution in [1.82, 2.24) is 0 Å². The highest BCUT2D eigenvalue weighted by molar-refractivity contribution is 5.42. The Morgan fingerprint density at radius 2 is 1.94 bits per heavy atom. The van der Waals surface area contributed by atoms with Crippen LogP contribution in [0.3, 0.4) is 0 Å². The molecule has 0 fully saturated rings. The lowest BCUT2D eigenvalue weighted by Crippen LogP contribution is -2.17. The van der Waals surface area contributed by atoms with Crippen LogP contribution in [0, 0.1) is 5.82 Å². The van der Waals surface area contributed by atoms with Crippen molar-refractivity contribution in [3.63, 3.8) is 0 Å². The highest BCUT2D eigenvalue weighted by Gasteiger charge is 2.07. The number of nitrogens with two attached hydrogens (primary N) is 1. The summed E-state index contributed by atoms with van der Waals surface area (Å²) in [5, 5.41) is 0. The molecule has 1 rings (SSSR count). The second-order valence-electron chi connectivity index (χ2n) is 3.95. The molecule has 0 saturated heterocycles. The molecule has 0 saturated carbocycles. The molecular formula is C11H17FN2O2. The SMILES string of the molecule is CC(C)(C)OC=O.NNc1ccccc1F. The summed E-state index contributed by atoms with van der Waals surface area (Å²) < 4.78 is 17.0. The lowest BCUT2D eigenvalue weighted by Gasteiger charge is -2.14. The topological polar surface area (TPSA) is 64.3 Å². The van der Waals surface area contributed by atoms with Gasteiger partial charge in [-0.25, -0.2) is 4.39 Å². The first-order chi connectivity index (χ1) is 7.40. The number of hydrazine groups is 1. The van der Waals surface area contributed by atoms with Crippen LogP contribution in [0.25, 0.3) is 0 Å². The van der Waals surface area contributed by atoms with Crippen molar-refractivity contribution in [1.29, 1.82) is 0 Å². The summed E-state index contributed by atoms with van der Waals surface area (Å²) in [6.07, 6.45) is 0. The lowest BCUT2D eigenvalue weighted by atomic mass is 10.2. The number of hydrogen-bond acceptors (Lipinski definition) is 4. The summed E-state index contributed by atoms with van der Waals surface area (Å²) in [4.78, 5) is 9.60. The van der Waals surface area contributed by atoms with E-state index in [4.69, 9.17) is 5.84 Å². The van der Waals surface area contributed by atoms with Gasteiger partial charge in [0.05, 0.1) is 5.69 Å². The molecule has 90 valence electrons. The average molecular weight is 228 g/mol. The van der Waals surface area contributed by atoms with Crippen LogP contribution in [0.1, 0.15) is 20.8 Å². The van der Waals surface area contributed by atoms with Gasteiger partial charge < -0.3 is 10.2 Å². The van der Waals surface area contributed by atoms with E-state index in [0.717, 1.165) is 0 Å². The molecule has 0 amide bonds. The van der Waals surface area contributed by atoms with Gasteiger partial charge in [0.25, 0.3) is 6.47 Å². The maximum absolute atomic E-state index is 12.4. The van der Waals surface area contributed by atoms with Crippen molar-refractivity contribution in [3.8, 4) is 0 Å². The van der Waals surface area contributed by atoms with Gasteiger partial charge in [0.2, 0.25) is 0 Å². The Morgan fingerprint density at radius 3 is 2.19 bits per heavy atom. The molecular weight excluding hydrogens is 211 g/mol. The van der Waals surface area contributed by atoms with E-state index in [1.165, 1.54) is 6.07 Å². The van der Waals surface area contributed by atoms with Crippen LogP contribution in [0.5, 0.6) is 0 Å². The third-order valence-corrected chi connectivity index (χ3v) is 1.43. The standard InChI is InChI=1S/C6H7FN2.C5H10O2/c7-5-3-1-2-4-6(5)9-8;1-5(2,3)7-4-6/h1-4,9H,8H2;4H,1-3H3. The van der Waals surface area contributed by atoms with Crippen molar-refractivity contribution in [2.24, 2.45) is 5.84 Å². The van der Waals surface area contributed by atoms with Gasteiger partial charge in [-0.05, 0) is 32.9 Å². The summed E-state index contributed by atoms with van der Waals surface area (Å²) in [6, 6.07) is 6.22. The van der Waals surface area contributed by atoms with Crippen LogP contribution < -0.4 is 11.3 Å². The Labute approximate surface area is 94.6 Å². The minimum absolute atomic E-state index is 0.317. The highest BCUT2D eigenvalue weighted by Crippen LogP contribution is 2.09. The van der Waals surface area contributed by atoms with Gasteiger partial charge in [0, 0.05) is 0 Å². The highest BCUT2D eigenvalue weighted by atomic mass is 19.1. The van der Waals surface area contributed by atoms with E-state index in [1.807, 2.05) is 20.8 Å². The fraction of sp³-hybridized carbons (Fsp3) is 0.364. The molecule has 0 unspecified atom stereocenters. The van der Waals surface area contributed by atoms with Crippen molar-refractivity contribution in [2.45, 2.75) is 26.4 Å². The maximum atomic E-state index is 12.4. The first kappa shape index (κ1) is 14.4. The van der Waals surface area contributed by atoms with Gasteiger partial charge in [0.1, 0.15) is 11.4 Å². The van der Waals surface area contributed by atoms with E-state index in [1.54, 1.807) is 18.2 Å². The largest absolute Gasteiger partial charge is 0.462 e. The van der Waals surface area contributed by atoms with Crippen LogP contribution >= 0.6 is 0 Å². The Hall–Kier alpha value is -1.62. The molecule has 16 heavy (non-hydrogen) atoms. The number of para-hydroxylation sites is 1. The zero-order valence-corrected chi connectivity index (χ0v) is 9.66. The smallest absolute Gasteiger partial charge is 0.293 e. The third-order valence-electron chi connectivity index (χ3n) is 1.43. The van der Waals surface area contributed by atoms with Gasteiger partial charge in [-0.3, -0.25) is 10.6 Å². The van der Waals surface area contributed by atoms with Gasteiger partial charge >= 0.3 is 0 Å². The summed E-state index contributed by atoms with van der Waals surface area (Å²) in [7, 11) is 0. The van der Waals surface area contributed by atoms with Gasteiger partial charge in [0.15, 0.2) is 0 Å². The number of nitrogens with one attached hydrogen (secondary N) is 1. The lowest BCUT2D eigenvalue weighted by molar-refractivity contribution is -0.138. The second-order valence-corrected chi connectivity index (χ2v) is 3.95. The summed E-state index contributed by atoms with van der Waals surface area (Å²) in [6.45, 7) is 5.92. The molecule has 0 aliphatic heterocycles. The summed E-state index contributed by atoms with van der Waals surface area (Å²) in [5.74, 6) is 4.63. The van der Waals surface area contributed by atoms with Crippen LogP contribution in [-0.4, -0.2) is 12.1 Å². The van der Waals surface area contributed by atoms with Gasteiger partial charge in [-0.2, -0.15) is 0 Å². The minimum atomic E-state index is -0.333. The van der Waals surface area contributed by atoms with Crippen molar-refractivity contribution in [2.75, 3.05) is 5.43 Å². The van der Waals surface area contributed by atoms with E-state index in [9.17, 15) is 9.18 Å². The van der Waals surface area contributed by atoms with Gasteiger partial charge in [-0.1, -0.05) is 12.1 Å². The van der Waals surface area contributed by atoms with Crippen LogP contribution in [0.15, 0.2) is 24.3 Å². The summed E-state index contributed by atoms with van der Waals surface area (Å²) in [5.41, 5.74) is 2.22. The number of benzene rings is 1. The molecule has 0 radical (unpaired) electrons. The molecule has 0 aliphatic carbocycles. The molecule has 0 heterocycles. The summed E-state index contributed by atoms with van der Waals surface area (Å²) >= 11 is 0. The Bertz CT molecular complexity index is 324. The average Bonchev–Trinajstić information content (AvgIpc) is 2.17. The number of carbonyl (C=O) groups is 1. The normalized spacial score (nSPS) is 9.81. The van der Waals surface area contributed by atoms with Crippen molar-refractivity contribution < 1.29 is 13.9 Å². The molecule has 1 aromatic rings. The predicted molar refractivity (Wildman–Crippen MR) is 61.1 cm³/mol. The molecule has 1 aromatic carbocycles. The molecule has 0 atom stereocenters. The first-order valence-corrected chi connectivity index (χ1v) is 4.73. The Morgan fingerprint density at radius 1 is 1.38 bits per heavy atom. The number of halogens is 1. The van der Waals surface area contributed by atoms with E-state index in [0.29, 0.717) is 12.2 Å². The zero-order valence-electron chi connectivity index (χ0n) is 9.66. The van der Waals surface area contributed by atoms with E-state index in [-0.39, 0.29) is 11.4 Å². The molecule has 3 N–H and O–H groups in total. The molecule has 0 aromatic heterocycles. The fourth-order valence-electron chi connectivity index (χ4n) is 0.723. The Kier molecular flexibility index (Phi) is 6.10. The number of carbonyl (C=O) groups excluding carboxylic acids is 1. The van der Waals surface area contributed by atoms with Crippen LogP contribution in [0.2, 0.25) is 0 Å². The van der Waals surface area contributed by atoms with E-state index >= 15 is 0 Å². The van der Waals surface area contributed by atoms with Crippen LogP contribution in [0.4, 0.5) is 10.1 Å². The second kappa shape index (κ2) is 6.79. The van der Waals surface area contributed by atoms with Crippen molar-refractivity contribution >= 4 is 12.2 Å². The molecule has 0 bridgehead atoms. The molecule has 4 nitrogen and oxygen atoms in total. The van der Waals surface area contributed by atoms with Gasteiger partial charge in [-0.15, -0.1) is 0 Å². The monoisotopic (exact) mass is 228 g/mol. The number of anilines is 1.